The largest absolute Gasteiger partial charge is 0.508 e. The van der Waals surface area contributed by atoms with Gasteiger partial charge >= 0.3 is 0 Å². The first kappa shape index (κ1) is 15.9. The number of phenolic OH excluding ortho intramolecular Hbond substituents is 1. The topological polar surface area (TPSA) is 49.8 Å². The lowest BCUT2D eigenvalue weighted by atomic mass is 9.88. The van der Waals surface area contributed by atoms with Crippen LogP contribution in [-0.4, -0.2) is 41.7 Å². The molecule has 1 N–H and O–H groups in total. The maximum Gasteiger partial charge on any atom is 0.222 e. The molecule has 1 aromatic rings. The molecule has 3 rings (SSSR count). The van der Waals surface area contributed by atoms with Crippen LogP contribution in [0.4, 0.5) is 0 Å². The molecular formula is C16H19Cl2NO3. The van der Waals surface area contributed by atoms with Crippen molar-refractivity contribution in [3.05, 3.63) is 27.7 Å². The molecule has 2 heterocycles. The van der Waals surface area contributed by atoms with Crippen LogP contribution in [0.25, 0.3) is 0 Å². The Morgan fingerprint density at radius 2 is 2.05 bits per heavy atom. The summed E-state index contributed by atoms with van der Waals surface area (Å²) in [6.45, 7) is 2.11. The maximum absolute atomic E-state index is 12.0. The van der Waals surface area contributed by atoms with Crippen molar-refractivity contribution in [3.8, 4) is 5.75 Å². The van der Waals surface area contributed by atoms with Gasteiger partial charge in [-0.2, -0.15) is 0 Å². The Morgan fingerprint density at radius 1 is 1.32 bits per heavy atom. The highest BCUT2D eigenvalue weighted by Gasteiger charge is 2.36. The monoisotopic (exact) mass is 343 g/mol. The zero-order valence-electron chi connectivity index (χ0n) is 12.2. The third-order valence-electron chi connectivity index (χ3n) is 4.54. The molecule has 2 fully saturated rings. The Balaban J connectivity index is 1.81. The van der Waals surface area contributed by atoms with Crippen molar-refractivity contribution >= 4 is 29.1 Å². The Morgan fingerprint density at radius 3 is 2.68 bits per heavy atom. The number of hydrogen-bond donors (Lipinski definition) is 1. The van der Waals surface area contributed by atoms with Gasteiger partial charge < -0.3 is 14.7 Å². The van der Waals surface area contributed by atoms with Gasteiger partial charge in [0.25, 0.3) is 0 Å². The van der Waals surface area contributed by atoms with E-state index in [0.29, 0.717) is 36.1 Å². The van der Waals surface area contributed by atoms with Crippen molar-refractivity contribution < 1.29 is 14.6 Å². The van der Waals surface area contributed by atoms with Crippen LogP contribution in [0, 0.1) is 5.92 Å². The summed E-state index contributed by atoms with van der Waals surface area (Å²) in [5.41, 5.74) is 0.813. The van der Waals surface area contributed by atoms with Crippen LogP contribution >= 0.6 is 23.2 Å². The lowest BCUT2D eigenvalue weighted by molar-refractivity contribution is -0.133. The van der Waals surface area contributed by atoms with Crippen molar-refractivity contribution in [2.75, 3.05) is 19.8 Å². The zero-order chi connectivity index (χ0) is 15.7. The molecule has 1 unspecified atom stereocenters. The average molecular weight is 344 g/mol. The van der Waals surface area contributed by atoms with E-state index in [9.17, 15) is 9.90 Å². The predicted molar refractivity (Wildman–Crippen MR) is 85.5 cm³/mol. The molecule has 0 spiro atoms. The molecule has 120 valence electrons. The molecule has 2 atom stereocenters. The van der Waals surface area contributed by atoms with Crippen LogP contribution in [0.15, 0.2) is 12.1 Å². The number of amides is 1. The van der Waals surface area contributed by atoms with E-state index in [0.717, 1.165) is 24.9 Å². The Bertz CT molecular complexity index is 556. The minimum Gasteiger partial charge on any atom is -0.508 e. The lowest BCUT2D eigenvalue weighted by Gasteiger charge is -2.38. The number of benzene rings is 1. The second kappa shape index (κ2) is 6.65. The van der Waals surface area contributed by atoms with Crippen LogP contribution in [0.1, 0.15) is 24.8 Å². The standard InChI is InChI=1S/C16H19Cl2NO3/c17-13-7-11(20)8-14(18)12(13)6-10-9-22-5-3-15(10)19-4-1-2-16(19)21/h7-8,10,15,20H,1-6,9H2/t10-,15?/m1/s1. The van der Waals surface area contributed by atoms with Gasteiger partial charge in [0.1, 0.15) is 5.75 Å². The quantitative estimate of drug-likeness (QED) is 0.916. The van der Waals surface area contributed by atoms with Crippen molar-refractivity contribution in [2.45, 2.75) is 31.7 Å². The number of rotatable bonds is 3. The molecule has 0 bridgehead atoms. The number of phenols is 1. The molecule has 2 saturated heterocycles. The van der Waals surface area contributed by atoms with E-state index >= 15 is 0 Å². The summed E-state index contributed by atoms with van der Waals surface area (Å²) in [5.74, 6) is 0.472. The number of ether oxygens (including phenoxy) is 1. The van der Waals surface area contributed by atoms with Crippen LogP contribution in [0.2, 0.25) is 10.0 Å². The second-order valence-electron chi connectivity index (χ2n) is 5.97. The number of carbonyl (C=O) groups is 1. The lowest BCUT2D eigenvalue weighted by Crippen LogP contribution is -2.47. The van der Waals surface area contributed by atoms with Gasteiger partial charge in [-0.1, -0.05) is 23.2 Å². The van der Waals surface area contributed by atoms with Gasteiger partial charge in [-0.15, -0.1) is 0 Å². The van der Waals surface area contributed by atoms with Gasteiger partial charge in [0.05, 0.1) is 6.61 Å². The summed E-state index contributed by atoms with van der Waals surface area (Å²) in [6.07, 6.45) is 3.07. The highest BCUT2D eigenvalue weighted by molar-refractivity contribution is 6.36. The molecule has 2 aliphatic rings. The van der Waals surface area contributed by atoms with E-state index in [1.54, 1.807) is 0 Å². The summed E-state index contributed by atoms with van der Waals surface area (Å²) in [6, 6.07) is 3.19. The van der Waals surface area contributed by atoms with Crippen molar-refractivity contribution in [3.63, 3.8) is 0 Å². The van der Waals surface area contributed by atoms with E-state index in [2.05, 4.69) is 0 Å². The van der Waals surface area contributed by atoms with Gasteiger partial charge in [-0.3, -0.25) is 4.79 Å². The SMILES string of the molecule is O=C1CCCN1C1CCOC[C@H]1Cc1c(Cl)cc(O)cc1Cl. The van der Waals surface area contributed by atoms with E-state index < -0.39 is 0 Å². The minimum atomic E-state index is 0.0601. The second-order valence-corrected chi connectivity index (χ2v) is 6.79. The minimum absolute atomic E-state index is 0.0601. The molecule has 2 aliphatic heterocycles. The molecule has 0 aromatic heterocycles. The third kappa shape index (κ3) is 3.19. The fourth-order valence-corrected chi connectivity index (χ4v) is 4.09. The zero-order valence-corrected chi connectivity index (χ0v) is 13.7. The number of halogens is 2. The van der Waals surface area contributed by atoms with E-state index in [1.165, 1.54) is 12.1 Å². The van der Waals surface area contributed by atoms with Crippen LogP contribution < -0.4 is 0 Å². The van der Waals surface area contributed by atoms with Gasteiger partial charge in [0.15, 0.2) is 0 Å². The number of nitrogens with zero attached hydrogens (tertiary/aromatic N) is 1. The Kier molecular flexibility index (Phi) is 4.81. The molecule has 0 saturated carbocycles. The predicted octanol–water partition coefficient (Wildman–Crippen LogP) is 3.27. The van der Waals surface area contributed by atoms with Crippen LogP contribution in [0.5, 0.6) is 5.75 Å². The number of hydrogen-bond acceptors (Lipinski definition) is 3. The molecule has 1 aromatic carbocycles. The first-order valence-corrected chi connectivity index (χ1v) is 8.36. The summed E-state index contributed by atoms with van der Waals surface area (Å²) in [5, 5.41) is 10.5. The fraction of sp³-hybridized carbons (Fsp3) is 0.562. The summed E-state index contributed by atoms with van der Waals surface area (Å²) in [4.78, 5) is 14.0. The van der Waals surface area contributed by atoms with Crippen molar-refractivity contribution in [1.82, 2.24) is 4.90 Å². The average Bonchev–Trinajstić information content (AvgIpc) is 2.89. The van der Waals surface area contributed by atoms with Crippen molar-refractivity contribution in [2.24, 2.45) is 5.92 Å². The highest BCUT2D eigenvalue weighted by Crippen LogP contribution is 2.35. The smallest absolute Gasteiger partial charge is 0.222 e. The number of aromatic hydroxyl groups is 1. The normalized spacial score (nSPS) is 25.7. The number of carbonyl (C=O) groups excluding carboxylic acids is 1. The van der Waals surface area contributed by atoms with Gasteiger partial charge in [0.2, 0.25) is 5.91 Å². The van der Waals surface area contributed by atoms with Crippen LogP contribution in [-0.2, 0) is 16.0 Å². The van der Waals surface area contributed by atoms with Gasteiger partial charge in [-0.25, -0.2) is 0 Å². The van der Waals surface area contributed by atoms with Gasteiger partial charge in [0, 0.05) is 41.6 Å². The highest BCUT2D eigenvalue weighted by atomic mass is 35.5. The third-order valence-corrected chi connectivity index (χ3v) is 5.21. The molecule has 4 nitrogen and oxygen atoms in total. The molecule has 1 amide bonds. The molecule has 22 heavy (non-hydrogen) atoms. The van der Waals surface area contributed by atoms with E-state index in [4.69, 9.17) is 27.9 Å². The molecular weight excluding hydrogens is 325 g/mol. The van der Waals surface area contributed by atoms with Gasteiger partial charge in [-0.05, 0) is 37.0 Å². The first-order valence-electron chi connectivity index (χ1n) is 7.60. The summed E-state index contributed by atoms with van der Waals surface area (Å²) in [7, 11) is 0. The first-order chi connectivity index (χ1) is 10.6. The van der Waals surface area contributed by atoms with Crippen LogP contribution in [0.3, 0.4) is 0 Å². The summed E-state index contributed by atoms with van der Waals surface area (Å²) >= 11 is 12.4. The fourth-order valence-electron chi connectivity index (χ4n) is 3.46. The molecule has 6 heteroatoms. The Labute approximate surface area is 140 Å². The maximum atomic E-state index is 12.0. The van der Waals surface area contributed by atoms with Crippen molar-refractivity contribution in [1.29, 1.82) is 0 Å². The molecule has 0 aliphatic carbocycles. The van der Waals surface area contributed by atoms with E-state index in [1.807, 2.05) is 4.90 Å². The Hall–Kier alpha value is -0.970. The van der Waals surface area contributed by atoms with E-state index in [-0.39, 0.29) is 23.6 Å². The number of likely N-dealkylation sites (tertiary alicyclic amines) is 1. The molecule has 0 radical (unpaired) electrons. The summed E-state index contributed by atoms with van der Waals surface area (Å²) < 4.78 is 5.61.